The van der Waals surface area contributed by atoms with Crippen LogP contribution in [0.1, 0.15) is 32.3 Å². The number of thiocarbonyl (C=S) groups is 1. The van der Waals surface area contributed by atoms with Gasteiger partial charge in [-0.1, -0.05) is 49.5 Å². The van der Waals surface area contributed by atoms with E-state index < -0.39 is 0 Å². The summed E-state index contributed by atoms with van der Waals surface area (Å²) in [6.45, 7) is 9.36. The van der Waals surface area contributed by atoms with E-state index in [2.05, 4.69) is 13.5 Å². The third-order valence-corrected chi connectivity index (χ3v) is 4.88. The fraction of sp³-hybridized carbons (Fsp3) is 0.368. The van der Waals surface area contributed by atoms with Gasteiger partial charge in [0.25, 0.3) is 5.91 Å². The number of thioether (sulfide) groups is 1. The standard InChI is InChI=1S/C19H23NO3S2/c1-4-7-11-23-15-9-8-14(12-16(15)22-6-3)13-17-18(21)20(10-5-2)19(24)25-17/h5,8-9,12-13H,2,4,6-7,10-11H2,1,3H3/b17-13+. The van der Waals surface area contributed by atoms with Gasteiger partial charge >= 0.3 is 0 Å². The van der Waals surface area contributed by atoms with Gasteiger partial charge in [-0.2, -0.15) is 0 Å². The van der Waals surface area contributed by atoms with Gasteiger partial charge in [-0.3, -0.25) is 9.69 Å². The predicted molar refractivity (Wildman–Crippen MR) is 108 cm³/mol. The molecule has 0 N–H and O–H groups in total. The monoisotopic (exact) mass is 377 g/mol. The Hall–Kier alpha value is -1.79. The molecule has 0 saturated carbocycles. The van der Waals surface area contributed by atoms with Crippen LogP contribution in [0.15, 0.2) is 35.8 Å². The highest BCUT2D eigenvalue weighted by Gasteiger charge is 2.30. The summed E-state index contributed by atoms with van der Waals surface area (Å²) < 4.78 is 12.0. The second-order valence-corrected chi connectivity index (χ2v) is 7.10. The molecule has 0 aromatic heterocycles. The SMILES string of the molecule is C=CCN1C(=O)/C(=C\c2ccc(OCCCC)c(OCC)c2)SC1=S. The number of amides is 1. The van der Waals surface area contributed by atoms with Gasteiger partial charge in [0.15, 0.2) is 11.5 Å². The normalized spacial score (nSPS) is 15.8. The van der Waals surface area contributed by atoms with E-state index in [1.54, 1.807) is 11.0 Å². The van der Waals surface area contributed by atoms with Crippen LogP contribution < -0.4 is 9.47 Å². The Bertz CT molecular complexity index is 685. The molecule has 0 radical (unpaired) electrons. The number of benzene rings is 1. The molecule has 0 bridgehead atoms. The molecule has 1 aliphatic rings. The minimum atomic E-state index is -0.0869. The number of carbonyl (C=O) groups is 1. The minimum absolute atomic E-state index is 0.0869. The van der Waals surface area contributed by atoms with Crippen LogP contribution in [0.2, 0.25) is 0 Å². The first-order chi connectivity index (χ1) is 12.1. The number of rotatable bonds is 9. The number of ether oxygens (including phenoxy) is 2. The van der Waals surface area contributed by atoms with Crippen molar-refractivity contribution >= 4 is 40.3 Å². The highest BCUT2D eigenvalue weighted by molar-refractivity contribution is 8.26. The summed E-state index contributed by atoms with van der Waals surface area (Å²) in [7, 11) is 0. The summed E-state index contributed by atoms with van der Waals surface area (Å²) in [4.78, 5) is 14.6. The van der Waals surface area contributed by atoms with Crippen molar-refractivity contribution in [2.24, 2.45) is 0 Å². The van der Waals surface area contributed by atoms with Gasteiger partial charge in [-0.15, -0.1) is 6.58 Å². The molecule has 0 aliphatic carbocycles. The third kappa shape index (κ3) is 5.09. The van der Waals surface area contributed by atoms with Crippen molar-refractivity contribution < 1.29 is 14.3 Å². The van der Waals surface area contributed by atoms with E-state index in [0.717, 1.165) is 24.2 Å². The van der Waals surface area contributed by atoms with Crippen molar-refractivity contribution in [2.45, 2.75) is 26.7 Å². The molecule has 134 valence electrons. The van der Waals surface area contributed by atoms with Gasteiger partial charge in [0.05, 0.1) is 18.1 Å². The van der Waals surface area contributed by atoms with Gasteiger partial charge in [-0.05, 0) is 37.1 Å². The van der Waals surface area contributed by atoms with Crippen molar-refractivity contribution in [3.63, 3.8) is 0 Å². The molecule has 1 aliphatic heterocycles. The second-order valence-electron chi connectivity index (χ2n) is 5.42. The van der Waals surface area contributed by atoms with Crippen molar-refractivity contribution in [3.05, 3.63) is 41.3 Å². The fourth-order valence-corrected chi connectivity index (χ4v) is 3.54. The Balaban J connectivity index is 2.21. The van der Waals surface area contributed by atoms with Crippen LogP contribution in [0, 0.1) is 0 Å². The highest BCUT2D eigenvalue weighted by Crippen LogP contribution is 2.34. The Morgan fingerprint density at radius 3 is 2.76 bits per heavy atom. The zero-order chi connectivity index (χ0) is 18.2. The molecule has 1 saturated heterocycles. The number of hydrogen-bond donors (Lipinski definition) is 0. The molecule has 4 nitrogen and oxygen atoms in total. The van der Waals surface area contributed by atoms with E-state index >= 15 is 0 Å². The molecule has 0 spiro atoms. The van der Waals surface area contributed by atoms with Crippen LogP contribution >= 0.6 is 24.0 Å². The summed E-state index contributed by atoms with van der Waals surface area (Å²) in [6.07, 6.45) is 5.58. The molecule has 0 atom stereocenters. The van der Waals surface area contributed by atoms with Crippen molar-refractivity contribution in [1.29, 1.82) is 0 Å². The van der Waals surface area contributed by atoms with Crippen LogP contribution in [-0.2, 0) is 4.79 Å². The van der Waals surface area contributed by atoms with Crippen LogP contribution in [0.25, 0.3) is 6.08 Å². The first kappa shape index (κ1) is 19.5. The highest BCUT2D eigenvalue weighted by atomic mass is 32.2. The lowest BCUT2D eigenvalue weighted by Gasteiger charge is -2.12. The van der Waals surface area contributed by atoms with E-state index in [4.69, 9.17) is 21.7 Å². The molecule has 1 heterocycles. The number of nitrogens with zero attached hydrogens (tertiary/aromatic N) is 1. The molecule has 1 amide bonds. The first-order valence-corrected chi connectivity index (χ1v) is 9.59. The zero-order valence-corrected chi connectivity index (χ0v) is 16.3. The van der Waals surface area contributed by atoms with E-state index in [1.807, 2.05) is 31.2 Å². The average molecular weight is 378 g/mol. The Morgan fingerprint density at radius 2 is 2.08 bits per heavy atom. The van der Waals surface area contributed by atoms with Gasteiger partial charge in [0.2, 0.25) is 0 Å². The quantitative estimate of drug-likeness (QED) is 0.271. The summed E-state index contributed by atoms with van der Waals surface area (Å²) in [5.41, 5.74) is 0.880. The topological polar surface area (TPSA) is 38.8 Å². The van der Waals surface area contributed by atoms with Crippen LogP contribution in [0.4, 0.5) is 0 Å². The van der Waals surface area contributed by atoms with E-state index in [-0.39, 0.29) is 5.91 Å². The van der Waals surface area contributed by atoms with E-state index in [1.165, 1.54) is 11.8 Å². The zero-order valence-electron chi connectivity index (χ0n) is 14.6. The Labute approximate surface area is 158 Å². The smallest absolute Gasteiger partial charge is 0.266 e. The molecular weight excluding hydrogens is 354 g/mol. The lowest BCUT2D eigenvalue weighted by Crippen LogP contribution is -2.27. The molecule has 0 unspecified atom stereocenters. The molecular formula is C19H23NO3S2. The first-order valence-electron chi connectivity index (χ1n) is 8.36. The van der Waals surface area contributed by atoms with Gasteiger partial charge < -0.3 is 9.47 Å². The summed E-state index contributed by atoms with van der Waals surface area (Å²) in [6, 6.07) is 5.70. The average Bonchev–Trinajstić information content (AvgIpc) is 2.85. The Kier molecular flexibility index (Phi) is 7.52. The molecule has 25 heavy (non-hydrogen) atoms. The maximum atomic E-state index is 12.4. The maximum Gasteiger partial charge on any atom is 0.266 e. The van der Waals surface area contributed by atoms with Crippen LogP contribution in [0.5, 0.6) is 11.5 Å². The number of hydrogen-bond acceptors (Lipinski definition) is 5. The summed E-state index contributed by atoms with van der Waals surface area (Å²) in [5.74, 6) is 1.33. The summed E-state index contributed by atoms with van der Waals surface area (Å²) >= 11 is 6.56. The van der Waals surface area contributed by atoms with Crippen molar-refractivity contribution in [1.82, 2.24) is 4.90 Å². The van der Waals surface area contributed by atoms with E-state index in [0.29, 0.717) is 34.7 Å². The molecule has 2 rings (SSSR count). The van der Waals surface area contributed by atoms with E-state index in [9.17, 15) is 4.79 Å². The van der Waals surface area contributed by atoms with Gasteiger partial charge in [-0.25, -0.2) is 0 Å². The van der Waals surface area contributed by atoms with Crippen LogP contribution in [0.3, 0.4) is 0 Å². The maximum absolute atomic E-state index is 12.4. The lowest BCUT2D eigenvalue weighted by molar-refractivity contribution is -0.121. The number of unbranched alkanes of at least 4 members (excludes halogenated alkanes) is 1. The van der Waals surface area contributed by atoms with Crippen molar-refractivity contribution in [2.75, 3.05) is 19.8 Å². The molecule has 1 aromatic carbocycles. The minimum Gasteiger partial charge on any atom is -0.490 e. The fourth-order valence-electron chi connectivity index (χ4n) is 2.27. The number of carbonyl (C=O) groups excluding carboxylic acids is 1. The third-order valence-electron chi connectivity index (χ3n) is 3.51. The summed E-state index contributed by atoms with van der Waals surface area (Å²) in [5, 5.41) is 0. The second kappa shape index (κ2) is 9.63. The van der Waals surface area contributed by atoms with Crippen molar-refractivity contribution in [3.8, 4) is 11.5 Å². The lowest BCUT2D eigenvalue weighted by atomic mass is 10.2. The Morgan fingerprint density at radius 1 is 1.28 bits per heavy atom. The largest absolute Gasteiger partial charge is 0.490 e. The molecule has 6 heteroatoms. The van der Waals surface area contributed by atoms with Crippen LogP contribution in [-0.4, -0.2) is 34.9 Å². The molecule has 1 fully saturated rings. The van der Waals surface area contributed by atoms with Gasteiger partial charge in [0, 0.05) is 6.54 Å². The van der Waals surface area contributed by atoms with Gasteiger partial charge in [0.1, 0.15) is 4.32 Å². The predicted octanol–water partition coefficient (Wildman–Crippen LogP) is 4.65. The molecule has 1 aromatic rings.